The molecule has 0 aliphatic rings. The molecule has 3 heterocycles. The van der Waals surface area contributed by atoms with Gasteiger partial charge in [0.2, 0.25) is 0 Å². The number of rotatable bonds is 7. The van der Waals surface area contributed by atoms with Crippen LogP contribution in [0.25, 0.3) is 16.9 Å². The molecule has 8 nitrogen and oxygen atoms in total. The summed E-state index contributed by atoms with van der Waals surface area (Å²) >= 11 is 1.04. The van der Waals surface area contributed by atoms with Crippen molar-refractivity contribution in [1.29, 1.82) is 0 Å². The summed E-state index contributed by atoms with van der Waals surface area (Å²) in [4.78, 5) is 18.2. The van der Waals surface area contributed by atoms with E-state index in [9.17, 15) is 17.8 Å². The van der Waals surface area contributed by atoms with Gasteiger partial charge in [-0.25, -0.2) is 9.78 Å². The van der Waals surface area contributed by atoms with Crippen LogP contribution in [0.3, 0.4) is 0 Å². The minimum absolute atomic E-state index is 0.0612. The molecular weight excluding hydrogens is 460 g/mol. The third-order valence-electron chi connectivity index (χ3n) is 5.26. The summed E-state index contributed by atoms with van der Waals surface area (Å²) < 4.78 is 36.2. The molecule has 0 amide bonds. The van der Waals surface area contributed by atoms with Crippen LogP contribution in [0.4, 0.5) is 0 Å². The maximum absolute atomic E-state index is 13.1. The molecule has 4 rings (SSSR count). The molecule has 0 saturated heterocycles. The zero-order chi connectivity index (χ0) is 23.8. The van der Waals surface area contributed by atoms with Crippen LogP contribution < -0.4 is 5.69 Å². The first-order valence-corrected chi connectivity index (χ1v) is 12.7. The normalized spacial score (nSPS) is 11.8. The SMILES string of the molecule is CCCc1nn(-c2ccccn2)c(=O)n1Cc1ccc(-c2cc(C)sc2S(=O)(=O)O)c(C)c1. The lowest BCUT2D eigenvalue weighted by Gasteiger charge is -2.10. The lowest BCUT2D eigenvalue weighted by Crippen LogP contribution is -2.25. The summed E-state index contributed by atoms with van der Waals surface area (Å²) in [6.45, 7) is 6.04. The summed E-state index contributed by atoms with van der Waals surface area (Å²) in [6.07, 6.45) is 3.11. The van der Waals surface area contributed by atoms with Crippen molar-refractivity contribution in [1.82, 2.24) is 19.3 Å². The van der Waals surface area contributed by atoms with Crippen molar-refractivity contribution >= 4 is 21.5 Å². The highest BCUT2D eigenvalue weighted by Gasteiger charge is 2.22. The van der Waals surface area contributed by atoms with Gasteiger partial charge in [0.1, 0.15) is 5.82 Å². The first-order chi connectivity index (χ1) is 15.7. The van der Waals surface area contributed by atoms with Crippen molar-refractivity contribution in [2.75, 3.05) is 0 Å². The average molecular weight is 485 g/mol. The number of nitrogens with zero attached hydrogens (tertiary/aromatic N) is 4. The molecule has 0 fully saturated rings. The van der Waals surface area contributed by atoms with E-state index in [0.717, 1.165) is 39.3 Å². The van der Waals surface area contributed by atoms with Crippen molar-refractivity contribution < 1.29 is 13.0 Å². The van der Waals surface area contributed by atoms with Gasteiger partial charge < -0.3 is 0 Å². The molecule has 0 unspecified atom stereocenters. The largest absolute Gasteiger partial charge is 0.352 e. The maximum atomic E-state index is 13.1. The number of aromatic nitrogens is 4. The molecule has 0 saturated carbocycles. The zero-order valence-corrected chi connectivity index (χ0v) is 20.2. The smallest absolute Gasteiger partial charge is 0.281 e. The highest BCUT2D eigenvalue weighted by atomic mass is 32.3. The highest BCUT2D eigenvalue weighted by Crippen LogP contribution is 2.36. The number of hydrogen-bond donors (Lipinski definition) is 1. The summed E-state index contributed by atoms with van der Waals surface area (Å²) in [7, 11) is -4.32. The Kier molecular flexibility index (Phi) is 6.33. The van der Waals surface area contributed by atoms with E-state index in [1.807, 2.05) is 38.1 Å². The van der Waals surface area contributed by atoms with E-state index >= 15 is 0 Å². The Morgan fingerprint density at radius 2 is 1.88 bits per heavy atom. The molecule has 33 heavy (non-hydrogen) atoms. The van der Waals surface area contributed by atoms with Crippen LogP contribution in [-0.4, -0.2) is 32.3 Å². The summed E-state index contributed by atoms with van der Waals surface area (Å²) in [5.41, 5.74) is 2.67. The van der Waals surface area contributed by atoms with E-state index in [1.165, 1.54) is 4.68 Å². The van der Waals surface area contributed by atoms with Gasteiger partial charge in [0.25, 0.3) is 0 Å². The van der Waals surface area contributed by atoms with E-state index in [0.29, 0.717) is 30.2 Å². The van der Waals surface area contributed by atoms with Crippen LogP contribution in [0.1, 0.15) is 35.2 Å². The Morgan fingerprint density at radius 3 is 2.52 bits per heavy atom. The summed E-state index contributed by atoms with van der Waals surface area (Å²) in [6, 6.07) is 12.7. The molecule has 0 atom stereocenters. The standard InChI is InChI=1S/C23H24N4O4S2/c1-4-7-21-25-27(20-8-5-6-11-24-20)23(28)26(21)14-17-9-10-18(15(2)12-17)19-13-16(3)32-22(19)33(29,30)31/h5-6,8-13H,4,7,14H2,1-3H3,(H,29,30,31). The quantitative estimate of drug-likeness (QED) is 0.397. The van der Waals surface area contributed by atoms with E-state index < -0.39 is 10.1 Å². The Morgan fingerprint density at radius 1 is 1.09 bits per heavy atom. The Balaban J connectivity index is 1.73. The molecule has 0 aliphatic heterocycles. The van der Waals surface area contributed by atoms with Gasteiger partial charge in [-0.15, -0.1) is 16.4 Å². The number of hydrogen-bond acceptors (Lipinski definition) is 6. The topological polar surface area (TPSA) is 107 Å². The number of aryl methyl sites for hydroxylation is 3. The van der Waals surface area contributed by atoms with Gasteiger partial charge in [-0.3, -0.25) is 9.12 Å². The van der Waals surface area contributed by atoms with Crippen LogP contribution in [0.15, 0.2) is 57.7 Å². The fourth-order valence-corrected chi connectivity index (χ4v) is 5.82. The van der Waals surface area contributed by atoms with Gasteiger partial charge >= 0.3 is 15.8 Å². The van der Waals surface area contributed by atoms with Crippen molar-refractivity contribution in [3.63, 3.8) is 0 Å². The van der Waals surface area contributed by atoms with Gasteiger partial charge in [0.15, 0.2) is 10.0 Å². The number of pyridine rings is 1. The van der Waals surface area contributed by atoms with Crippen LogP contribution in [0.2, 0.25) is 0 Å². The van der Waals surface area contributed by atoms with Crippen molar-refractivity contribution in [3.05, 3.63) is 81.0 Å². The number of benzene rings is 1. The van der Waals surface area contributed by atoms with E-state index in [2.05, 4.69) is 10.1 Å². The second-order valence-electron chi connectivity index (χ2n) is 7.82. The van der Waals surface area contributed by atoms with Crippen LogP contribution in [0, 0.1) is 13.8 Å². The Bertz CT molecular complexity index is 1470. The minimum Gasteiger partial charge on any atom is -0.281 e. The highest BCUT2D eigenvalue weighted by molar-refractivity contribution is 7.88. The second kappa shape index (κ2) is 9.05. The second-order valence-corrected chi connectivity index (χ2v) is 10.7. The molecular formula is C23H24N4O4S2. The molecule has 4 aromatic rings. The Labute approximate surface area is 195 Å². The van der Waals surface area contributed by atoms with E-state index in [1.54, 1.807) is 35.9 Å². The maximum Gasteiger partial charge on any atom is 0.352 e. The van der Waals surface area contributed by atoms with E-state index in [-0.39, 0.29) is 9.90 Å². The fraction of sp³-hybridized carbons (Fsp3) is 0.261. The Hall–Kier alpha value is -3.08. The summed E-state index contributed by atoms with van der Waals surface area (Å²) in [5.74, 6) is 1.15. The summed E-state index contributed by atoms with van der Waals surface area (Å²) in [5, 5.41) is 4.51. The van der Waals surface area contributed by atoms with Gasteiger partial charge in [-0.1, -0.05) is 31.2 Å². The fourth-order valence-electron chi connectivity index (χ4n) is 3.81. The van der Waals surface area contributed by atoms with Crippen molar-refractivity contribution in [2.24, 2.45) is 0 Å². The predicted molar refractivity (Wildman–Crippen MR) is 128 cm³/mol. The molecule has 0 radical (unpaired) electrons. The third kappa shape index (κ3) is 4.68. The lowest BCUT2D eigenvalue weighted by molar-refractivity contribution is 0.486. The first kappa shape index (κ1) is 23.1. The molecule has 0 bridgehead atoms. The number of thiophene rings is 1. The molecule has 10 heteroatoms. The molecule has 172 valence electrons. The van der Waals surface area contributed by atoms with Gasteiger partial charge in [-0.05, 0) is 55.2 Å². The predicted octanol–water partition coefficient (Wildman–Crippen LogP) is 4.02. The van der Waals surface area contributed by atoms with Gasteiger partial charge in [-0.2, -0.15) is 13.1 Å². The zero-order valence-electron chi connectivity index (χ0n) is 18.5. The molecule has 3 aromatic heterocycles. The van der Waals surface area contributed by atoms with Crippen LogP contribution in [0.5, 0.6) is 0 Å². The third-order valence-corrected chi connectivity index (χ3v) is 7.67. The molecule has 0 spiro atoms. The van der Waals surface area contributed by atoms with Gasteiger partial charge in [0, 0.05) is 23.1 Å². The molecule has 1 N–H and O–H groups in total. The first-order valence-electron chi connectivity index (χ1n) is 10.5. The molecule has 0 aliphatic carbocycles. The van der Waals surface area contributed by atoms with Crippen molar-refractivity contribution in [2.45, 2.75) is 44.4 Å². The lowest BCUT2D eigenvalue weighted by atomic mass is 10.00. The van der Waals surface area contributed by atoms with Crippen LogP contribution in [-0.2, 0) is 23.1 Å². The molecule has 1 aromatic carbocycles. The van der Waals surface area contributed by atoms with Crippen LogP contribution >= 0.6 is 11.3 Å². The average Bonchev–Trinajstić information content (AvgIpc) is 3.30. The van der Waals surface area contributed by atoms with Crippen molar-refractivity contribution in [3.8, 4) is 16.9 Å². The van der Waals surface area contributed by atoms with Gasteiger partial charge in [0.05, 0.1) is 6.54 Å². The van der Waals surface area contributed by atoms with E-state index in [4.69, 9.17) is 0 Å². The minimum atomic E-state index is -4.32. The monoisotopic (exact) mass is 484 g/mol.